The van der Waals surface area contributed by atoms with Crippen LogP contribution in [0.3, 0.4) is 0 Å². The van der Waals surface area contributed by atoms with Gasteiger partial charge in [-0.05, 0) is 57.2 Å². The van der Waals surface area contributed by atoms with Crippen LogP contribution in [0.15, 0.2) is 24.5 Å². The molecule has 9 nitrogen and oxygen atoms in total. The van der Waals surface area contributed by atoms with E-state index in [1.54, 1.807) is 4.90 Å². The van der Waals surface area contributed by atoms with Gasteiger partial charge in [-0.15, -0.1) is 10.2 Å². The minimum atomic E-state index is -0.513. The predicted molar refractivity (Wildman–Crippen MR) is 147 cm³/mol. The van der Waals surface area contributed by atoms with Gasteiger partial charge in [0.1, 0.15) is 24.2 Å². The summed E-state index contributed by atoms with van der Waals surface area (Å²) in [5.41, 5.74) is 0.283. The van der Waals surface area contributed by atoms with Crippen LogP contribution >= 0.6 is 0 Å². The maximum absolute atomic E-state index is 14.2. The lowest BCUT2D eigenvalue weighted by atomic mass is 9.75. The molecule has 0 N–H and O–H groups in total. The molecule has 0 aliphatic carbocycles. The van der Waals surface area contributed by atoms with Crippen molar-refractivity contribution >= 4 is 18.0 Å². The van der Waals surface area contributed by atoms with Crippen LogP contribution in [-0.2, 0) is 4.79 Å². The topological polar surface area (TPSA) is 91.8 Å². The Morgan fingerprint density at radius 2 is 1.95 bits per heavy atom. The number of benzene rings is 1. The molecule has 4 rings (SSSR count). The average Bonchev–Trinajstić information content (AvgIpc) is 3.31. The number of carbonyl (C=O) groups excluding carboxylic acids is 2. The fourth-order valence-corrected chi connectivity index (χ4v) is 6.43. The lowest BCUT2D eigenvalue weighted by Crippen LogP contribution is -2.63. The number of hydrogen-bond acceptors (Lipinski definition) is 8. The molecule has 2 unspecified atom stereocenters. The van der Waals surface area contributed by atoms with Crippen LogP contribution in [0, 0.1) is 23.1 Å². The van der Waals surface area contributed by atoms with E-state index in [1.165, 1.54) is 24.5 Å². The zero-order valence-corrected chi connectivity index (χ0v) is 23.9. The third-order valence-corrected chi connectivity index (χ3v) is 8.15. The first-order chi connectivity index (χ1) is 18.6. The number of halogens is 1. The summed E-state index contributed by atoms with van der Waals surface area (Å²) in [4.78, 5) is 35.2. The summed E-state index contributed by atoms with van der Waals surface area (Å²) in [5.74, 6) is 0.937. The van der Waals surface area contributed by atoms with E-state index in [2.05, 4.69) is 45.8 Å². The third-order valence-electron chi connectivity index (χ3n) is 8.15. The molecule has 0 saturated carbocycles. The number of amides is 1. The fraction of sp³-hybridized carbons (Fsp3) is 0.621. The van der Waals surface area contributed by atoms with Crippen LogP contribution < -0.4 is 9.64 Å². The van der Waals surface area contributed by atoms with Gasteiger partial charge in [0, 0.05) is 56.6 Å². The van der Waals surface area contributed by atoms with Gasteiger partial charge in [-0.25, -0.2) is 9.37 Å². The maximum atomic E-state index is 14.2. The molecule has 2 aliphatic rings. The van der Waals surface area contributed by atoms with E-state index in [0.717, 1.165) is 38.9 Å². The molecule has 39 heavy (non-hydrogen) atoms. The van der Waals surface area contributed by atoms with Gasteiger partial charge in [-0.1, -0.05) is 20.8 Å². The standard InChI is InChI=1S/C29H41FN6O3/c1-7-36(20(4)5)28(38)23-14-22(30)8-9-24(23)39-27-26(31-18-32-33-27)34-12-11-29(15-34)16-35(17-29)25(19(2)3)21(6)10-13-37/h8-9,13-14,18-21,25H,7,10-12,15-17H2,1-6H3. The van der Waals surface area contributed by atoms with E-state index in [4.69, 9.17) is 4.74 Å². The van der Waals surface area contributed by atoms with E-state index in [1.807, 2.05) is 20.8 Å². The number of anilines is 1. The molecule has 1 aromatic heterocycles. The second kappa shape index (κ2) is 11.9. The highest BCUT2D eigenvalue weighted by atomic mass is 19.1. The van der Waals surface area contributed by atoms with Crippen LogP contribution in [0.5, 0.6) is 11.6 Å². The number of likely N-dealkylation sites (tertiary alicyclic amines) is 1. The predicted octanol–water partition coefficient (Wildman–Crippen LogP) is 4.44. The fourth-order valence-electron chi connectivity index (χ4n) is 6.43. The summed E-state index contributed by atoms with van der Waals surface area (Å²) in [7, 11) is 0. The Kier molecular flexibility index (Phi) is 8.83. The Morgan fingerprint density at radius 1 is 1.21 bits per heavy atom. The molecular weight excluding hydrogens is 499 g/mol. The van der Waals surface area contributed by atoms with E-state index in [-0.39, 0.29) is 34.6 Å². The number of ether oxygens (including phenoxy) is 1. The second-order valence-corrected chi connectivity index (χ2v) is 11.7. The Morgan fingerprint density at radius 3 is 2.59 bits per heavy atom. The van der Waals surface area contributed by atoms with Crippen LogP contribution in [-0.4, -0.2) is 82.0 Å². The van der Waals surface area contributed by atoms with Crippen molar-refractivity contribution in [1.82, 2.24) is 25.0 Å². The smallest absolute Gasteiger partial charge is 0.282 e. The summed E-state index contributed by atoms with van der Waals surface area (Å²) in [6.07, 6.45) is 4.01. The Hall–Kier alpha value is -3.14. The van der Waals surface area contributed by atoms with Gasteiger partial charge >= 0.3 is 0 Å². The normalized spacial score (nSPS) is 18.3. The molecule has 1 aromatic carbocycles. The third kappa shape index (κ3) is 6.05. The van der Waals surface area contributed by atoms with Gasteiger partial charge in [-0.3, -0.25) is 9.69 Å². The number of hydrogen-bond donors (Lipinski definition) is 0. The average molecular weight is 541 g/mol. The van der Waals surface area contributed by atoms with Crippen molar-refractivity contribution in [2.24, 2.45) is 17.3 Å². The lowest BCUT2D eigenvalue weighted by Gasteiger charge is -2.54. The van der Waals surface area contributed by atoms with Crippen molar-refractivity contribution in [2.75, 3.05) is 37.6 Å². The zero-order chi connectivity index (χ0) is 28.3. The second-order valence-electron chi connectivity index (χ2n) is 11.7. The van der Waals surface area contributed by atoms with Crippen molar-refractivity contribution in [3.8, 4) is 11.6 Å². The molecule has 0 radical (unpaired) electrons. The van der Waals surface area contributed by atoms with Crippen LogP contribution in [0.2, 0.25) is 0 Å². The molecule has 0 bridgehead atoms. The first-order valence-electron chi connectivity index (χ1n) is 14.0. The summed E-state index contributed by atoms with van der Waals surface area (Å²) in [6.45, 7) is 16.4. The van der Waals surface area contributed by atoms with Crippen LogP contribution in [0.25, 0.3) is 0 Å². The molecule has 212 valence electrons. The van der Waals surface area contributed by atoms with E-state index >= 15 is 0 Å². The number of aldehydes is 1. The van der Waals surface area contributed by atoms with Crippen molar-refractivity contribution in [3.05, 3.63) is 35.9 Å². The molecular formula is C29H41FN6O3. The van der Waals surface area contributed by atoms with Gasteiger partial charge < -0.3 is 19.3 Å². The molecule has 2 aliphatic heterocycles. The first kappa shape index (κ1) is 28.9. The quantitative estimate of drug-likeness (QED) is 0.387. The summed E-state index contributed by atoms with van der Waals surface area (Å²) < 4.78 is 20.3. The van der Waals surface area contributed by atoms with Gasteiger partial charge in [0.2, 0.25) is 0 Å². The van der Waals surface area contributed by atoms with Crippen LogP contribution in [0.1, 0.15) is 64.7 Å². The minimum Gasteiger partial charge on any atom is -0.434 e. The Labute approximate surface area is 230 Å². The van der Waals surface area contributed by atoms with Gasteiger partial charge in [0.05, 0.1) is 5.56 Å². The summed E-state index contributed by atoms with van der Waals surface area (Å²) in [5, 5.41) is 8.13. The number of rotatable bonds is 11. The van der Waals surface area contributed by atoms with Gasteiger partial charge in [-0.2, -0.15) is 0 Å². The molecule has 10 heteroatoms. The Bertz CT molecular complexity index is 1170. The molecule has 2 fully saturated rings. The lowest BCUT2D eigenvalue weighted by molar-refractivity contribution is -0.110. The largest absolute Gasteiger partial charge is 0.434 e. The molecule has 2 atom stereocenters. The van der Waals surface area contributed by atoms with Crippen LogP contribution in [0.4, 0.5) is 10.2 Å². The highest BCUT2D eigenvalue weighted by Crippen LogP contribution is 2.45. The maximum Gasteiger partial charge on any atom is 0.282 e. The van der Waals surface area contributed by atoms with E-state index in [0.29, 0.717) is 36.7 Å². The minimum absolute atomic E-state index is 0.0492. The molecule has 3 heterocycles. The van der Waals surface area contributed by atoms with Gasteiger partial charge in [0.15, 0.2) is 5.82 Å². The van der Waals surface area contributed by atoms with Crippen molar-refractivity contribution in [3.63, 3.8) is 0 Å². The molecule has 2 saturated heterocycles. The van der Waals surface area contributed by atoms with E-state index in [9.17, 15) is 14.0 Å². The SMILES string of the molecule is CCN(C(=O)c1cc(F)ccc1Oc1nncnc1N1CCC2(C1)CN(C(C(C)C)C(C)CC=O)C2)C(C)C. The highest BCUT2D eigenvalue weighted by Gasteiger charge is 2.51. The van der Waals surface area contributed by atoms with Crippen molar-refractivity contribution in [1.29, 1.82) is 0 Å². The number of aromatic nitrogens is 3. The molecule has 2 aromatic rings. The van der Waals surface area contributed by atoms with Crippen molar-refractivity contribution in [2.45, 2.75) is 66.5 Å². The number of nitrogens with zero attached hydrogens (tertiary/aromatic N) is 6. The summed E-state index contributed by atoms with van der Waals surface area (Å²) >= 11 is 0. The molecule has 1 amide bonds. The van der Waals surface area contributed by atoms with Gasteiger partial charge in [0.25, 0.3) is 11.8 Å². The number of carbonyl (C=O) groups is 2. The Balaban J connectivity index is 1.52. The zero-order valence-electron chi connectivity index (χ0n) is 23.9. The van der Waals surface area contributed by atoms with Crippen molar-refractivity contribution < 1.29 is 18.7 Å². The first-order valence-corrected chi connectivity index (χ1v) is 14.0. The molecule has 1 spiro atoms. The monoisotopic (exact) mass is 540 g/mol. The summed E-state index contributed by atoms with van der Waals surface area (Å²) in [6, 6.07) is 4.25. The van der Waals surface area contributed by atoms with E-state index < -0.39 is 5.82 Å². The highest BCUT2D eigenvalue weighted by molar-refractivity contribution is 5.97.